The Hall–Kier alpha value is -3.56. The van der Waals surface area contributed by atoms with Crippen LogP contribution in [0, 0.1) is 0 Å². The number of carbonyl (C=O) groups is 2. The van der Waals surface area contributed by atoms with Crippen molar-refractivity contribution in [2.75, 3.05) is 10.8 Å². The van der Waals surface area contributed by atoms with Gasteiger partial charge < -0.3 is 10.2 Å². The minimum Gasteiger partial charge on any atom is -0.352 e. The van der Waals surface area contributed by atoms with Gasteiger partial charge in [-0.2, -0.15) is 0 Å². The second-order valence-corrected chi connectivity index (χ2v) is 13.7. The third-order valence-electron chi connectivity index (χ3n) is 7.32. The Bertz CT molecular complexity index is 1700. The molecular formula is C34H34Cl3N3O4S. The molecular weight excluding hydrogens is 653 g/mol. The summed E-state index contributed by atoms with van der Waals surface area (Å²) >= 11 is 19.1. The average Bonchev–Trinajstić information content (AvgIpc) is 3.02. The molecule has 0 bridgehead atoms. The summed E-state index contributed by atoms with van der Waals surface area (Å²) in [5.41, 5.74) is 1.53. The van der Waals surface area contributed by atoms with E-state index >= 15 is 0 Å². The SMILES string of the molecule is CC[C@@H](C)NC(=O)[C@@H](Cc1ccccc1)N(Cc1ccccc1Cl)C(=O)CN(c1cc(Cl)cc(Cl)c1)S(=O)(=O)c1ccccc1. The first kappa shape index (κ1) is 34.3. The molecule has 0 aliphatic carbocycles. The minimum atomic E-state index is -4.28. The summed E-state index contributed by atoms with van der Waals surface area (Å²) in [5, 5.41) is 3.81. The molecule has 236 valence electrons. The predicted molar refractivity (Wildman–Crippen MR) is 181 cm³/mol. The molecule has 0 saturated heterocycles. The molecule has 0 unspecified atom stereocenters. The molecule has 2 amide bonds. The fourth-order valence-electron chi connectivity index (χ4n) is 4.74. The third-order valence-corrected chi connectivity index (χ3v) is 9.91. The second kappa shape index (κ2) is 15.6. The van der Waals surface area contributed by atoms with Crippen molar-refractivity contribution in [3.05, 3.63) is 129 Å². The van der Waals surface area contributed by atoms with E-state index in [1.807, 2.05) is 44.2 Å². The van der Waals surface area contributed by atoms with Crippen LogP contribution in [-0.2, 0) is 32.6 Å². The number of hydrogen-bond donors (Lipinski definition) is 1. The van der Waals surface area contributed by atoms with E-state index in [4.69, 9.17) is 34.8 Å². The average molecular weight is 687 g/mol. The van der Waals surface area contributed by atoms with Crippen LogP contribution in [0.25, 0.3) is 0 Å². The first-order valence-corrected chi connectivity index (χ1v) is 17.0. The molecule has 0 aliphatic heterocycles. The zero-order chi connectivity index (χ0) is 32.6. The Labute approximate surface area is 279 Å². The van der Waals surface area contributed by atoms with Gasteiger partial charge in [0, 0.05) is 34.1 Å². The molecule has 11 heteroatoms. The van der Waals surface area contributed by atoms with Gasteiger partial charge in [0.15, 0.2) is 0 Å². The molecule has 45 heavy (non-hydrogen) atoms. The fraction of sp³-hybridized carbons (Fsp3) is 0.235. The topological polar surface area (TPSA) is 86.8 Å². The zero-order valence-corrected chi connectivity index (χ0v) is 28.0. The van der Waals surface area contributed by atoms with Gasteiger partial charge in [-0.05, 0) is 60.9 Å². The summed E-state index contributed by atoms with van der Waals surface area (Å²) in [4.78, 5) is 29.8. The van der Waals surface area contributed by atoms with Crippen LogP contribution in [0.4, 0.5) is 5.69 Å². The molecule has 0 spiro atoms. The molecule has 7 nitrogen and oxygen atoms in total. The van der Waals surface area contributed by atoms with E-state index < -0.39 is 28.5 Å². The van der Waals surface area contributed by atoms with E-state index in [1.54, 1.807) is 42.5 Å². The molecule has 4 aromatic rings. The highest BCUT2D eigenvalue weighted by Gasteiger charge is 2.35. The van der Waals surface area contributed by atoms with Crippen LogP contribution >= 0.6 is 34.8 Å². The lowest BCUT2D eigenvalue weighted by atomic mass is 10.0. The first-order chi connectivity index (χ1) is 21.5. The largest absolute Gasteiger partial charge is 0.352 e. The lowest BCUT2D eigenvalue weighted by molar-refractivity contribution is -0.140. The molecule has 0 aliphatic rings. The summed E-state index contributed by atoms with van der Waals surface area (Å²) in [6, 6.07) is 27.3. The smallest absolute Gasteiger partial charge is 0.264 e. The van der Waals surface area contributed by atoms with E-state index in [2.05, 4.69) is 5.32 Å². The standard InChI is InChI=1S/C34H34Cl3N3O4S/c1-3-24(2)38-34(42)32(18-25-12-6-4-7-13-25)39(22-26-14-10-11-17-31(26)37)33(41)23-40(29-20-27(35)19-28(36)21-29)45(43,44)30-15-8-5-9-16-30/h4-17,19-21,24,32H,3,18,22-23H2,1-2H3,(H,38,42)/t24-,32-/m1/s1. The third kappa shape index (κ3) is 9.01. The van der Waals surface area contributed by atoms with Crippen LogP contribution in [0.5, 0.6) is 0 Å². The molecule has 4 aromatic carbocycles. The van der Waals surface area contributed by atoms with E-state index in [-0.39, 0.29) is 45.5 Å². The Morgan fingerprint density at radius 2 is 1.40 bits per heavy atom. The molecule has 0 radical (unpaired) electrons. The zero-order valence-electron chi connectivity index (χ0n) is 24.9. The highest BCUT2D eigenvalue weighted by Crippen LogP contribution is 2.30. The van der Waals surface area contributed by atoms with Crippen LogP contribution in [0.15, 0.2) is 108 Å². The lowest BCUT2D eigenvalue weighted by Crippen LogP contribution is -2.54. The quantitative estimate of drug-likeness (QED) is 0.159. The summed E-state index contributed by atoms with van der Waals surface area (Å²) in [6.45, 7) is 3.15. The Balaban J connectivity index is 1.83. The van der Waals surface area contributed by atoms with Crippen LogP contribution in [0.2, 0.25) is 15.1 Å². The van der Waals surface area contributed by atoms with Crippen molar-refractivity contribution in [2.24, 2.45) is 0 Å². The number of sulfonamides is 1. The van der Waals surface area contributed by atoms with Crippen molar-refractivity contribution in [3.8, 4) is 0 Å². The summed E-state index contributed by atoms with van der Waals surface area (Å²) in [5.74, 6) is -0.984. The number of benzene rings is 4. The molecule has 4 rings (SSSR count). The van der Waals surface area contributed by atoms with Gasteiger partial charge in [0.2, 0.25) is 11.8 Å². The monoisotopic (exact) mass is 685 g/mol. The molecule has 0 heterocycles. The van der Waals surface area contributed by atoms with Crippen LogP contribution in [0.1, 0.15) is 31.4 Å². The molecule has 1 N–H and O–H groups in total. The second-order valence-electron chi connectivity index (χ2n) is 10.6. The van der Waals surface area contributed by atoms with Gasteiger partial charge in [0.25, 0.3) is 10.0 Å². The number of anilines is 1. The van der Waals surface area contributed by atoms with Gasteiger partial charge >= 0.3 is 0 Å². The fourth-order valence-corrected chi connectivity index (χ4v) is 6.87. The summed E-state index contributed by atoms with van der Waals surface area (Å²) < 4.78 is 29.1. The minimum absolute atomic E-state index is 0.0260. The van der Waals surface area contributed by atoms with Crippen molar-refractivity contribution in [3.63, 3.8) is 0 Å². The Morgan fingerprint density at radius 1 is 0.822 bits per heavy atom. The highest BCUT2D eigenvalue weighted by atomic mass is 35.5. The van der Waals surface area contributed by atoms with Crippen molar-refractivity contribution in [1.29, 1.82) is 0 Å². The van der Waals surface area contributed by atoms with Gasteiger partial charge in [-0.3, -0.25) is 13.9 Å². The maximum Gasteiger partial charge on any atom is 0.264 e. The maximum absolute atomic E-state index is 14.5. The van der Waals surface area contributed by atoms with Gasteiger partial charge in [-0.15, -0.1) is 0 Å². The number of amides is 2. The van der Waals surface area contributed by atoms with Gasteiger partial charge in [0.05, 0.1) is 10.6 Å². The predicted octanol–water partition coefficient (Wildman–Crippen LogP) is 7.40. The van der Waals surface area contributed by atoms with Gasteiger partial charge in [-0.25, -0.2) is 8.42 Å². The van der Waals surface area contributed by atoms with Gasteiger partial charge in [0.1, 0.15) is 12.6 Å². The molecule has 0 saturated carbocycles. The van der Waals surface area contributed by atoms with Crippen LogP contribution < -0.4 is 9.62 Å². The van der Waals surface area contributed by atoms with Crippen LogP contribution in [0.3, 0.4) is 0 Å². The van der Waals surface area contributed by atoms with E-state index in [0.29, 0.717) is 17.0 Å². The Kier molecular flexibility index (Phi) is 11.9. The van der Waals surface area contributed by atoms with Crippen molar-refractivity contribution in [2.45, 2.75) is 50.2 Å². The number of nitrogens with one attached hydrogen (secondary N) is 1. The van der Waals surface area contributed by atoms with Crippen molar-refractivity contribution >= 4 is 62.3 Å². The summed E-state index contributed by atoms with van der Waals surface area (Å²) in [7, 11) is -4.28. The van der Waals surface area contributed by atoms with Gasteiger partial charge in [-0.1, -0.05) is 108 Å². The van der Waals surface area contributed by atoms with Crippen molar-refractivity contribution in [1.82, 2.24) is 10.2 Å². The Morgan fingerprint density at radius 3 is 2.00 bits per heavy atom. The lowest BCUT2D eigenvalue weighted by Gasteiger charge is -2.34. The first-order valence-electron chi connectivity index (χ1n) is 14.4. The normalized spacial score (nSPS) is 12.6. The van der Waals surface area contributed by atoms with Crippen LogP contribution in [-0.4, -0.2) is 43.8 Å². The van der Waals surface area contributed by atoms with E-state index in [0.717, 1.165) is 9.87 Å². The summed E-state index contributed by atoms with van der Waals surface area (Å²) in [6.07, 6.45) is 0.870. The number of carbonyl (C=O) groups excluding carboxylic acids is 2. The number of hydrogen-bond acceptors (Lipinski definition) is 4. The van der Waals surface area contributed by atoms with E-state index in [9.17, 15) is 18.0 Å². The number of halogens is 3. The van der Waals surface area contributed by atoms with Crippen molar-refractivity contribution < 1.29 is 18.0 Å². The molecule has 0 aromatic heterocycles. The van der Waals surface area contributed by atoms with E-state index in [1.165, 1.54) is 35.2 Å². The number of nitrogens with zero attached hydrogens (tertiary/aromatic N) is 2. The maximum atomic E-state index is 14.5. The molecule has 2 atom stereocenters. The highest BCUT2D eigenvalue weighted by molar-refractivity contribution is 7.92. The molecule has 0 fully saturated rings. The number of rotatable bonds is 13.